The van der Waals surface area contributed by atoms with Crippen LogP contribution in [0.3, 0.4) is 0 Å². The van der Waals surface area contributed by atoms with Gasteiger partial charge in [-0.3, -0.25) is 4.68 Å². The van der Waals surface area contributed by atoms with E-state index in [4.69, 9.17) is 4.74 Å². The van der Waals surface area contributed by atoms with E-state index in [0.29, 0.717) is 0 Å². The fourth-order valence-electron chi connectivity index (χ4n) is 2.36. The van der Waals surface area contributed by atoms with Gasteiger partial charge < -0.3 is 4.74 Å². The molecular weight excluding hydrogens is 260 g/mol. The summed E-state index contributed by atoms with van der Waals surface area (Å²) in [5.74, 6) is 0.878. The smallest absolute Gasteiger partial charge is 0.118 e. The monoisotopic (exact) mass is 278 g/mol. The minimum absolute atomic E-state index is 0.777. The molecule has 3 nitrogen and oxygen atoms in total. The molecule has 1 aromatic heterocycles. The first kappa shape index (κ1) is 13.4. The lowest BCUT2D eigenvalue weighted by atomic mass is 10.1. The molecule has 0 saturated heterocycles. The van der Waals surface area contributed by atoms with Crippen molar-refractivity contribution in [1.82, 2.24) is 9.78 Å². The highest BCUT2D eigenvalue weighted by molar-refractivity contribution is 5.28. The fraction of sp³-hybridized carbons (Fsp3) is 0.167. The van der Waals surface area contributed by atoms with Gasteiger partial charge in [-0.05, 0) is 29.3 Å². The average molecular weight is 278 g/mol. The normalized spacial score (nSPS) is 10.5. The molecule has 0 aliphatic rings. The van der Waals surface area contributed by atoms with E-state index in [1.807, 2.05) is 24.4 Å². The number of ether oxygens (including phenoxy) is 1. The molecule has 0 bridgehead atoms. The highest BCUT2D eigenvalue weighted by atomic mass is 16.5. The van der Waals surface area contributed by atoms with E-state index in [1.54, 1.807) is 7.11 Å². The zero-order chi connectivity index (χ0) is 14.5. The summed E-state index contributed by atoms with van der Waals surface area (Å²) in [6.07, 6.45) is 2.76. The summed E-state index contributed by atoms with van der Waals surface area (Å²) in [5, 5.41) is 4.44. The minimum atomic E-state index is 0.777. The third-order valence-electron chi connectivity index (χ3n) is 3.52. The van der Waals surface area contributed by atoms with E-state index < -0.39 is 0 Å². The summed E-state index contributed by atoms with van der Waals surface area (Å²) in [6.45, 7) is 0.777. The van der Waals surface area contributed by atoms with Crippen molar-refractivity contribution in [3.8, 4) is 5.75 Å². The molecule has 0 aliphatic carbocycles. The molecule has 0 spiro atoms. The van der Waals surface area contributed by atoms with Crippen LogP contribution in [0.4, 0.5) is 0 Å². The minimum Gasteiger partial charge on any atom is -0.497 e. The molecule has 0 aliphatic heterocycles. The zero-order valence-corrected chi connectivity index (χ0v) is 12.1. The predicted molar refractivity (Wildman–Crippen MR) is 83.6 cm³/mol. The Kier molecular flexibility index (Phi) is 4.01. The molecule has 0 N–H and O–H groups in total. The highest BCUT2D eigenvalue weighted by Gasteiger charge is 2.05. The number of benzene rings is 2. The maximum absolute atomic E-state index is 5.18. The standard InChI is InChI=1S/C18H18N2O/c1-21-18-9-7-16(8-10-18)14-20-17(11-12-19-20)13-15-5-3-2-4-6-15/h2-12H,13-14H2,1H3. The Morgan fingerprint density at radius 2 is 1.67 bits per heavy atom. The second-order valence-electron chi connectivity index (χ2n) is 4.99. The van der Waals surface area contributed by atoms with Crippen molar-refractivity contribution >= 4 is 0 Å². The fourth-order valence-corrected chi connectivity index (χ4v) is 2.36. The van der Waals surface area contributed by atoms with Crippen molar-refractivity contribution in [1.29, 1.82) is 0 Å². The molecule has 0 fully saturated rings. The van der Waals surface area contributed by atoms with Crippen LogP contribution in [0.2, 0.25) is 0 Å². The van der Waals surface area contributed by atoms with Gasteiger partial charge in [0.25, 0.3) is 0 Å². The first-order valence-corrected chi connectivity index (χ1v) is 7.03. The highest BCUT2D eigenvalue weighted by Crippen LogP contribution is 2.14. The lowest BCUT2D eigenvalue weighted by molar-refractivity contribution is 0.414. The van der Waals surface area contributed by atoms with Crippen LogP contribution in [0.25, 0.3) is 0 Å². The first-order chi connectivity index (χ1) is 10.3. The number of aromatic nitrogens is 2. The van der Waals surface area contributed by atoms with Gasteiger partial charge in [0.15, 0.2) is 0 Å². The lowest BCUT2D eigenvalue weighted by Gasteiger charge is -2.08. The number of rotatable bonds is 5. The quantitative estimate of drug-likeness (QED) is 0.714. The molecule has 1 heterocycles. The zero-order valence-electron chi connectivity index (χ0n) is 12.1. The van der Waals surface area contributed by atoms with Crippen molar-refractivity contribution < 1.29 is 4.74 Å². The summed E-state index contributed by atoms with van der Waals surface area (Å²) < 4.78 is 7.24. The van der Waals surface area contributed by atoms with Crippen LogP contribution in [0.1, 0.15) is 16.8 Å². The van der Waals surface area contributed by atoms with E-state index in [0.717, 1.165) is 18.7 Å². The van der Waals surface area contributed by atoms with Gasteiger partial charge in [0.05, 0.1) is 13.7 Å². The van der Waals surface area contributed by atoms with Crippen molar-refractivity contribution in [2.45, 2.75) is 13.0 Å². The largest absolute Gasteiger partial charge is 0.497 e. The predicted octanol–water partition coefficient (Wildman–Crippen LogP) is 3.53. The van der Waals surface area contributed by atoms with Gasteiger partial charge >= 0.3 is 0 Å². The molecule has 0 unspecified atom stereocenters. The van der Waals surface area contributed by atoms with Crippen molar-refractivity contribution in [2.75, 3.05) is 7.11 Å². The maximum Gasteiger partial charge on any atom is 0.118 e. The topological polar surface area (TPSA) is 27.1 Å². The Balaban J connectivity index is 1.75. The van der Waals surface area contributed by atoms with Gasteiger partial charge in [0.2, 0.25) is 0 Å². The molecule has 3 aromatic rings. The molecule has 0 saturated carbocycles. The molecule has 3 heteroatoms. The van der Waals surface area contributed by atoms with Crippen LogP contribution >= 0.6 is 0 Å². The Morgan fingerprint density at radius 1 is 0.905 bits per heavy atom. The van der Waals surface area contributed by atoms with Crippen LogP contribution in [0.5, 0.6) is 5.75 Å². The maximum atomic E-state index is 5.18. The Bertz CT molecular complexity index is 687. The summed E-state index contributed by atoms with van der Waals surface area (Å²) >= 11 is 0. The molecular formula is C18H18N2O. The molecule has 0 atom stereocenters. The van der Waals surface area contributed by atoms with Gasteiger partial charge in [-0.25, -0.2) is 0 Å². The SMILES string of the molecule is COc1ccc(Cn2nccc2Cc2ccccc2)cc1. The molecule has 3 rings (SSSR count). The third-order valence-corrected chi connectivity index (χ3v) is 3.52. The summed E-state index contributed by atoms with van der Waals surface area (Å²) in [4.78, 5) is 0. The summed E-state index contributed by atoms with van der Waals surface area (Å²) in [6, 6.07) is 20.7. The van der Waals surface area contributed by atoms with Crippen molar-refractivity contribution in [3.05, 3.63) is 83.7 Å². The van der Waals surface area contributed by atoms with E-state index in [9.17, 15) is 0 Å². The number of nitrogens with zero attached hydrogens (tertiary/aromatic N) is 2. The third kappa shape index (κ3) is 3.31. The summed E-state index contributed by atoms with van der Waals surface area (Å²) in [5.41, 5.74) is 3.74. The van der Waals surface area contributed by atoms with Gasteiger partial charge in [-0.2, -0.15) is 5.10 Å². The molecule has 21 heavy (non-hydrogen) atoms. The van der Waals surface area contributed by atoms with E-state index >= 15 is 0 Å². The van der Waals surface area contributed by atoms with Gasteiger partial charge in [-0.15, -0.1) is 0 Å². The molecule has 0 radical (unpaired) electrons. The van der Waals surface area contributed by atoms with E-state index in [2.05, 4.69) is 52.2 Å². The molecule has 2 aromatic carbocycles. The van der Waals surface area contributed by atoms with Crippen molar-refractivity contribution in [3.63, 3.8) is 0 Å². The van der Waals surface area contributed by atoms with Gasteiger partial charge in [-0.1, -0.05) is 42.5 Å². The van der Waals surface area contributed by atoms with E-state index in [1.165, 1.54) is 16.8 Å². The van der Waals surface area contributed by atoms with Gasteiger partial charge in [0, 0.05) is 18.3 Å². The van der Waals surface area contributed by atoms with Crippen LogP contribution in [0.15, 0.2) is 66.9 Å². The molecule has 106 valence electrons. The van der Waals surface area contributed by atoms with Crippen molar-refractivity contribution in [2.24, 2.45) is 0 Å². The second kappa shape index (κ2) is 6.27. The Hall–Kier alpha value is -2.55. The average Bonchev–Trinajstić information content (AvgIpc) is 2.96. The Labute approximate surface area is 124 Å². The number of methoxy groups -OCH3 is 1. The lowest BCUT2D eigenvalue weighted by Crippen LogP contribution is -2.06. The van der Waals surface area contributed by atoms with Crippen LogP contribution in [0, 0.1) is 0 Å². The second-order valence-corrected chi connectivity index (χ2v) is 4.99. The number of hydrogen-bond acceptors (Lipinski definition) is 2. The number of hydrogen-bond donors (Lipinski definition) is 0. The Morgan fingerprint density at radius 3 is 2.38 bits per heavy atom. The van der Waals surface area contributed by atoms with Crippen LogP contribution < -0.4 is 4.74 Å². The van der Waals surface area contributed by atoms with E-state index in [-0.39, 0.29) is 0 Å². The summed E-state index contributed by atoms with van der Waals surface area (Å²) in [7, 11) is 1.68. The van der Waals surface area contributed by atoms with Crippen LogP contribution in [-0.4, -0.2) is 16.9 Å². The molecule has 0 amide bonds. The van der Waals surface area contributed by atoms with Crippen LogP contribution in [-0.2, 0) is 13.0 Å². The first-order valence-electron chi connectivity index (χ1n) is 7.03. The van der Waals surface area contributed by atoms with Gasteiger partial charge in [0.1, 0.15) is 5.75 Å².